The van der Waals surface area contributed by atoms with Crippen LogP contribution < -0.4 is 10.6 Å². The van der Waals surface area contributed by atoms with Gasteiger partial charge in [-0.05, 0) is 26.0 Å². The summed E-state index contributed by atoms with van der Waals surface area (Å²) in [4.78, 5) is 48.8. The molecular weight excluding hydrogens is 400 g/mol. The summed E-state index contributed by atoms with van der Waals surface area (Å²) in [6.45, 7) is 2.54. The van der Waals surface area contributed by atoms with Gasteiger partial charge in [-0.3, -0.25) is 24.6 Å². The lowest BCUT2D eigenvalue weighted by Crippen LogP contribution is -2.42. The lowest BCUT2D eigenvalue weighted by atomic mass is 9.92. The van der Waals surface area contributed by atoms with Crippen molar-refractivity contribution >= 4 is 40.8 Å². The summed E-state index contributed by atoms with van der Waals surface area (Å²) in [6, 6.07) is 10.1. The summed E-state index contributed by atoms with van der Waals surface area (Å²) in [7, 11) is 0. The van der Waals surface area contributed by atoms with Gasteiger partial charge in [0.2, 0.25) is 5.91 Å². The maximum atomic E-state index is 12.9. The van der Waals surface area contributed by atoms with Crippen LogP contribution in [0.25, 0.3) is 0 Å². The number of imide groups is 1. The first-order chi connectivity index (χ1) is 13.6. The van der Waals surface area contributed by atoms with Gasteiger partial charge >= 0.3 is 6.03 Å². The van der Waals surface area contributed by atoms with E-state index < -0.39 is 34.9 Å². The number of benzene rings is 2. The molecule has 2 aromatic rings. The van der Waals surface area contributed by atoms with E-state index in [0.29, 0.717) is 16.1 Å². The number of anilines is 1. The van der Waals surface area contributed by atoms with Crippen LogP contribution in [0.1, 0.15) is 18.1 Å². The molecule has 2 aromatic carbocycles. The molecule has 1 aliphatic rings. The first-order valence-corrected chi connectivity index (χ1v) is 8.95. The van der Waals surface area contributed by atoms with Gasteiger partial charge in [0, 0.05) is 27.9 Å². The van der Waals surface area contributed by atoms with Gasteiger partial charge in [0.15, 0.2) is 0 Å². The quantitative estimate of drug-likeness (QED) is 0.441. The van der Waals surface area contributed by atoms with Crippen LogP contribution in [0.4, 0.5) is 16.2 Å². The van der Waals surface area contributed by atoms with Crippen molar-refractivity contribution in [3.8, 4) is 0 Å². The standard InChI is InChI=1S/C19H17ClN4O5/c1-11-7-8-12(9-15(11)24(28)29)21-16(25)10-23-17(26)19(2,22-18(23)27)13-5-3-4-6-14(13)20/h3-9H,10H2,1-2H3,(H,21,25)(H,22,27)/t19-/m1/s1. The average Bonchev–Trinajstić information content (AvgIpc) is 2.87. The third kappa shape index (κ3) is 3.77. The monoisotopic (exact) mass is 416 g/mol. The Kier molecular flexibility index (Phi) is 5.25. The molecule has 0 aliphatic carbocycles. The van der Waals surface area contributed by atoms with Crippen LogP contribution in [0.15, 0.2) is 42.5 Å². The molecule has 29 heavy (non-hydrogen) atoms. The summed E-state index contributed by atoms with van der Waals surface area (Å²) < 4.78 is 0. The minimum absolute atomic E-state index is 0.149. The number of amides is 4. The average molecular weight is 417 g/mol. The fourth-order valence-electron chi connectivity index (χ4n) is 3.12. The van der Waals surface area contributed by atoms with Crippen molar-refractivity contribution in [1.29, 1.82) is 0 Å². The number of nitrogens with zero attached hydrogens (tertiary/aromatic N) is 2. The Morgan fingerprint density at radius 3 is 2.62 bits per heavy atom. The Bertz CT molecular complexity index is 1040. The molecule has 1 fully saturated rings. The van der Waals surface area contributed by atoms with Crippen LogP contribution >= 0.6 is 11.6 Å². The van der Waals surface area contributed by atoms with E-state index in [1.165, 1.54) is 25.1 Å². The van der Waals surface area contributed by atoms with E-state index in [4.69, 9.17) is 11.6 Å². The lowest BCUT2D eigenvalue weighted by Gasteiger charge is -2.23. The molecule has 1 heterocycles. The zero-order valence-corrected chi connectivity index (χ0v) is 16.3. The Labute approximate surface area is 170 Å². The fraction of sp³-hybridized carbons (Fsp3) is 0.211. The van der Waals surface area contributed by atoms with Gasteiger partial charge in [0.05, 0.1) is 4.92 Å². The highest BCUT2D eigenvalue weighted by Crippen LogP contribution is 2.33. The number of carbonyl (C=O) groups excluding carboxylic acids is 3. The van der Waals surface area contributed by atoms with Crippen LogP contribution in [-0.2, 0) is 15.1 Å². The Morgan fingerprint density at radius 2 is 1.97 bits per heavy atom. The Balaban J connectivity index is 1.77. The molecule has 0 aromatic heterocycles. The predicted octanol–water partition coefficient (Wildman–Crippen LogP) is 2.96. The van der Waals surface area contributed by atoms with E-state index in [9.17, 15) is 24.5 Å². The molecule has 0 bridgehead atoms. The number of nitrogens with one attached hydrogen (secondary N) is 2. The van der Waals surface area contributed by atoms with Crippen molar-refractivity contribution in [2.24, 2.45) is 0 Å². The van der Waals surface area contributed by atoms with Crippen LogP contribution in [0.2, 0.25) is 5.02 Å². The third-order valence-electron chi connectivity index (χ3n) is 4.68. The molecule has 1 aliphatic heterocycles. The van der Waals surface area contributed by atoms with E-state index in [1.807, 2.05) is 0 Å². The second-order valence-electron chi connectivity index (χ2n) is 6.73. The number of hydrogen-bond donors (Lipinski definition) is 2. The highest BCUT2D eigenvalue weighted by Gasteiger charge is 2.50. The number of urea groups is 1. The van der Waals surface area contributed by atoms with E-state index in [2.05, 4.69) is 10.6 Å². The molecular formula is C19H17ClN4O5. The maximum absolute atomic E-state index is 12.9. The topological polar surface area (TPSA) is 122 Å². The first kappa shape index (κ1) is 20.3. The fourth-order valence-corrected chi connectivity index (χ4v) is 3.44. The number of halogens is 1. The molecule has 3 rings (SSSR count). The minimum Gasteiger partial charge on any atom is -0.324 e. The normalized spacial score (nSPS) is 18.5. The molecule has 4 amide bonds. The van der Waals surface area contributed by atoms with Crippen molar-refractivity contribution < 1.29 is 19.3 Å². The first-order valence-electron chi connectivity index (χ1n) is 8.57. The zero-order valence-electron chi connectivity index (χ0n) is 15.6. The second kappa shape index (κ2) is 7.51. The molecule has 150 valence electrons. The predicted molar refractivity (Wildman–Crippen MR) is 106 cm³/mol. The molecule has 1 atom stereocenters. The summed E-state index contributed by atoms with van der Waals surface area (Å²) in [6.07, 6.45) is 0. The van der Waals surface area contributed by atoms with Gasteiger partial charge < -0.3 is 10.6 Å². The van der Waals surface area contributed by atoms with Crippen LogP contribution in [0.5, 0.6) is 0 Å². The van der Waals surface area contributed by atoms with E-state index in [1.54, 1.807) is 31.2 Å². The van der Waals surface area contributed by atoms with Gasteiger partial charge in [-0.1, -0.05) is 35.9 Å². The van der Waals surface area contributed by atoms with Crippen LogP contribution in [-0.4, -0.2) is 34.2 Å². The summed E-state index contributed by atoms with van der Waals surface area (Å²) in [5, 5.41) is 16.4. The molecule has 0 spiro atoms. The third-order valence-corrected chi connectivity index (χ3v) is 5.01. The zero-order chi connectivity index (χ0) is 21.3. The van der Waals surface area contributed by atoms with Crippen LogP contribution in [0.3, 0.4) is 0 Å². The summed E-state index contributed by atoms with van der Waals surface area (Å²) in [5.74, 6) is -1.30. The highest BCUT2D eigenvalue weighted by molar-refractivity contribution is 6.32. The number of nitro benzene ring substituents is 1. The van der Waals surface area contributed by atoms with E-state index in [-0.39, 0.29) is 11.4 Å². The number of rotatable bonds is 5. The number of nitro groups is 1. The number of hydrogen-bond acceptors (Lipinski definition) is 5. The van der Waals surface area contributed by atoms with Crippen molar-refractivity contribution in [2.75, 3.05) is 11.9 Å². The molecule has 0 saturated carbocycles. The summed E-state index contributed by atoms with van der Waals surface area (Å²) >= 11 is 6.16. The largest absolute Gasteiger partial charge is 0.325 e. The maximum Gasteiger partial charge on any atom is 0.325 e. The summed E-state index contributed by atoms with van der Waals surface area (Å²) in [5.41, 5.74) is -0.509. The smallest absolute Gasteiger partial charge is 0.324 e. The van der Waals surface area contributed by atoms with Crippen molar-refractivity contribution in [3.63, 3.8) is 0 Å². The molecule has 0 radical (unpaired) electrons. The van der Waals surface area contributed by atoms with E-state index >= 15 is 0 Å². The molecule has 2 N–H and O–H groups in total. The minimum atomic E-state index is -1.40. The molecule has 10 heteroatoms. The van der Waals surface area contributed by atoms with Gasteiger partial charge in [-0.2, -0.15) is 0 Å². The van der Waals surface area contributed by atoms with Crippen molar-refractivity contribution in [3.05, 3.63) is 68.7 Å². The highest BCUT2D eigenvalue weighted by atomic mass is 35.5. The molecule has 9 nitrogen and oxygen atoms in total. The van der Waals surface area contributed by atoms with Crippen molar-refractivity contribution in [1.82, 2.24) is 10.2 Å². The van der Waals surface area contributed by atoms with E-state index in [0.717, 1.165) is 4.90 Å². The van der Waals surface area contributed by atoms with Gasteiger partial charge in [0.25, 0.3) is 11.6 Å². The lowest BCUT2D eigenvalue weighted by molar-refractivity contribution is -0.385. The van der Waals surface area contributed by atoms with Gasteiger partial charge in [0.1, 0.15) is 12.1 Å². The van der Waals surface area contributed by atoms with Crippen molar-refractivity contribution in [2.45, 2.75) is 19.4 Å². The molecule has 1 saturated heterocycles. The number of carbonyl (C=O) groups is 3. The van der Waals surface area contributed by atoms with Gasteiger partial charge in [-0.15, -0.1) is 0 Å². The van der Waals surface area contributed by atoms with Crippen LogP contribution in [0, 0.1) is 17.0 Å². The SMILES string of the molecule is Cc1ccc(NC(=O)CN2C(=O)N[C@](C)(c3ccccc3Cl)C2=O)cc1[N+](=O)[O-]. The Morgan fingerprint density at radius 1 is 1.28 bits per heavy atom. The number of aryl methyl sites for hydroxylation is 1. The Hall–Kier alpha value is -3.46. The second-order valence-corrected chi connectivity index (χ2v) is 7.14. The van der Waals surface area contributed by atoms with Gasteiger partial charge in [-0.25, -0.2) is 4.79 Å². The molecule has 0 unspecified atom stereocenters.